The molecule has 9 aromatic carbocycles. The number of anilines is 2. The molecule has 0 atom stereocenters. The monoisotopic (exact) mass is 1020 g/mol. The highest BCUT2D eigenvalue weighted by atomic mass is 16.5. The Balaban J connectivity index is 1.46. The van der Waals surface area contributed by atoms with Crippen LogP contribution in [-0.4, -0.2) is 47.1 Å². The molecule has 0 bridgehead atoms. The fourth-order valence-corrected chi connectivity index (χ4v) is 10.7. The summed E-state index contributed by atoms with van der Waals surface area (Å²) in [7, 11) is 0. The van der Waals surface area contributed by atoms with Crippen LogP contribution in [0.5, 0.6) is 23.0 Å². The number of hydrogen-bond acceptors (Lipinski definition) is 8. The highest BCUT2D eigenvalue weighted by molar-refractivity contribution is 6.41. The zero-order chi connectivity index (χ0) is 54.3. The number of carboxylic acid groups (broad SMARTS) is 2. The Morgan fingerprint density at radius 1 is 0.434 bits per heavy atom. The van der Waals surface area contributed by atoms with Gasteiger partial charge in [-0.15, -0.1) is 0 Å². The van der Waals surface area contributed by atoms with Crippen LogP contribution in [0.1, 0.15) is 154 Å². The number of carboxylic acids is 2. The topological polar surface area (TPSA) is 203 Å². The SMILES string of the molecule is CC(C)c1cccc(C(C)C)c1NC(=O)c1ccc2c3c(Oc4ccc(CCN)cc4)cc(C(=O)O)c4c(C(=O)O)ccc(c5c(Oc6ccc(CCN)cc6)cc(C(=O)Nc6c(C(C)C)cccc6C(C)C)c1c25)c43. The second kappa shape index (κ2) is 21.5. The number of fused-ring (bicyclic) bond motifs is 2. The molecule has 9 aromatic rings. The summed E-state index contributed by atoms with van der Waals surface area (Å²) in [6.45, 7) is 17.5. The second-order valence-corrected chi connectivity index (χ2v) is 20.7. The van der Waals surface area contributed by atoms with Gasteiger partial charge in [-0.25, -0.2) is 9.59 Å². The third-order valence-electron chi connectivity index (χ3n) is 14.4. The van der Waals surface area contributed by atoms with Crippen LogP contribution in [0.4, 0.5) is 11.4 Å². The highest BCUT2D eigenvalue weighted by Crippen LogP contribution is 2.52. The zero-order valence-electron chi connectivity index (χ0n) is 44.2. The summed E-state index contributed by atoms with van der Waals surface area (Å²) in [5, 5.41) is 31.0. The molecule has 12 heteroatoms. The van der Waals surface area contributed by atoms with Crippen LogP contribution in [0.15, 0.2) is 121 Å². The first kappa shape index (κ1) is 52.5. The van der Waals surface area contributed by atoms with Crippen molar-refractivity contribution >= 4 is 78.2 Å². The number of nitrogens with two attached hydrogens (primary N) is 2. The van der Waals surface area contributed by atoms with Crippen molar-refractivity contribution in [3.05, 3.63) is 177 Å². The number of ether oxygens (including phenoxy) is 2. The molecule has 0 heterocycles. The lowest BCUT2D eigenvalue weighted by Crippen LogP contribution is -2.20. The van der Waals surface area contributed by atoms with E-state index in [9.17, 15) is 19.8 Å². The maximum Gasteiger partial charge on any atom is 0.336 e. The first-order valence-electron chi connectivity index (χ1n) is 26.0. The number of hydrogen-bond donors (Lipinski definition) is 6. The molecule has 9 rings (SSSR count). The quantitative estimate of drug-likeness (QED) is 0.0354. The summed E-state index contributed by atoms with van der Waals surface area (Å²) >= 11 is 0. The second-order valence-electron chi connectivity index (χ2n) is 20.7. The Morgan fingerprint density at radius 3 is 1.16 bits per heavy atom. The van der Waals surface area contributed by atoms with E-state index in [1.54, 1.807) is 36.4 Å². The Bertz CT molecular complexity index is 3680. The van der Waals surface area contributed by atoms with E-state index in [0.717, 1.165) is 33.4 Å². The van der Waals surface area contributed by atoms with Crippen molar-refractivity contribution in [1.82, 2.24) is 0 Å². The highest BCUT2D eigenvalue weighted by Gasteiger charge is 2.32. The van der Waals surface area contributed by atoms with Crippen molar-refractivity contribution in [2.24, 2.45) is 11.5 Å². The molecule has 0 saturated carbocycles. The number of amides is 2. The first-order valence-corrected chi connectivity index (χ1v) is 26.0. The van der Waals surface area contributed by atoms with E-state index in [1.807, 2.05) is 72.8 Å². The van der Waals surface area contributed by atoms with Crippen LogP contribution >= 0.6 is 0 Å². The molecule has 388 valence electrons. The Morgan fingerprint density at radius 2 is 0.789 bits per heavy atom. The molecule has 0 aromatic heterocycles. The van der Waals surface area contributed by atoms with Gasteiger partial charge in [0.1, 0.15) is 23.0 Å². The first-order chi connectivity index (χ1) is 36.4. The van der Waals surface area contributed by atoms with E-state index in [4.69, 9.17) is 20.9 Å². The lowest BCUT2D eigenvalue weighted by molar-refractivity contribution is 0.0695. The van der Waals surface area contributed by atoms with Crippen LogP contribution in [0, 0.1) is 0 Å². The average molecular weight is 1020 g/mol. The predicted octanol–water partition coefficient (Wildman–Crippen LogP) is 14.7. The Labute approximate surface area is 442 Å². The molecule has 12 nitrogen and oxygen atoms in total. The summed E-state index contributed by atoms with van der Waals surface area (Å²) in [4.78, 5) is 58.2. The van der Waals surface area contributed by atoms with Gasteiger partial charge in [-0.3, -0.25) is 9.59 Å². The lowest BCUT2D eigenvalue weighted by Gasteiger charge is -2.25. The molecule has 76 heavy (non-hydrogen) atoms. The minimum absolute atomic E-state index is 0.0302. The fourth-order valence-electron chi connectivity index (χ4n) is 10.7. The van der Waals surface area contributed by atoms with Gasteiger partial charge >= 0.3 is 11.9 Å². The molecule has 8 N–H and O–H groups in total. The Kier molecular flexibility index (Phi) is 14.9. The van der Waals surface area contributed by atoms with Gasteiger partial charge in [-0.1, -0.05) is 128 Å². The third kappa shape index (κ3) is 9.77. The maximum atomic E-state index is 15.8. The maximum absolute atomic E-state index is 15.8. The molecular formula is C64H64N4O8. The molecule has 0 fully saturated rings. The number of benzene rings is 9. The molecular weight excluding hydrogens is 953 g/mol. The molecule has 0 aliphatic carbocycles. The minimum atomic E-state index is -1.37. The van der Waals surface area contributed by atoms with E-state index in [0.29, 0.717) is 75.7 Å². The largest absolute Gasteiger partial charge is 0.478 e. The van der Waals surface area contributed by atoms with Crippen molar-refractivity contribution in [3.8, 4) is 23.0 Å². The standard InChI is InChI=1S/C64H64N4O8/c1-33(2)41-11-9-12-42(34(3)4)59(41)67-61(69)47-25-23-45-56-52(76-40-21-17-38(18-22-40)28-30-66)32-50(64(73)74)54-48(63(71)72)26-24-46(58(54)56)55-51(75-39-19-15-37(16-20-39)27-29-65)31-49(53(47)57(45)55)62(70)68-60-43(35(5)6)13-10-14-44(60)36(7)8/h9-26,31-36H,27-30,65-66H2,1-8H3,(H,67,69)(H,68,70)(H,71,72)(H,73,74). The minimum Gasteiger partial charge on any atom is -0.478 e. The third-order valence-corrected chi connectivity index (χ3v) is 14.4. The smallest absolute Gasteiger partial charge is 0.336 e. The zero-order valence-corrected chi connectivity index (χ0v) is 44.2. The molecule has 0 spiro atoms. The number of para-hydroxylation sites is 2. The van der Waals surface area contributed by atoms with E-state index >= 15 is 9.59 Å². The van der Waals surface area contributed by atoms with Crippen LogP contribution in [0.25, 0.3) is 43.1 Å². The fraction of sp³-hybridized carbons (Fsp3) is 0.250. The molecule has 0 radical (unpaired) electrons. The summed E-state index contributed by atoms with van der Waals surface area (Å²) in [5.74, 6) is -2.42. The van der Waals surface area contributed by atoms with E-state index in [1.165, 1.54) is 12.1 Å². The van der Waals surface area contributed by atoms with E-state index in [2.05, 4.69) is 66.0 Å². The van der Waals surface area contributed by atoms with Crippen LogP contribution in [-0.2, 0) is 12.8 Å². The van der Waals surface area contributed by atoms with Gasteiger partial charge in [0.15, 0.2) is 0 Å². The van der Waals surface area contributed by atoms with Gasteiger partial charge in [-0.2, -0.15) is 0 Å². The van der Waals surface area contributed by atoms with Crippen molar-refractivity contribution in [2.75, 3.05) is 23.7 Å². The van der Waals surface area contributed by atoms with Crippen molar-refractivity contribution < 1.29 is 38.9 Å². The summed E-state index contributed by atoms with van der Waals surface area (Å²) in [6, 6.07) is 36.2. The van der Waals surface area contributed by atoms with Crippen molar-refractivity contribution in [2.45, 2.75) is 91.9 Å². The van der Waals surface area contributed by atoms with Gasteiger partial charge in [0.2, 0.25) is 0 Å². The van der Waals surface area contributed by atoms with Gasteiger partial charge in [0.25, 0.3) is 11.8 Å². The number of aromatic carboxylic acids is 2. The van der Waals surface area contributed by atoms with Crippen molar-refractivity contribution in [3.63, 3.8) is 0 Å². The molecule has 0 aliphatic rings. The van der Waals surface area contributed by atoms with Gasteiger partial charge < -0.3 is 41.8 Å². The summed E-state index contributed by atoms with van der Waals surface area (Å²) in [5.41, 5.74) is 18.6. The molecule has 0 unspecified atom stereocenters. The van der Waals surface area contributed by atoms with E-state index < -0.39 is 23.8 Å². The van der Waals surface area contributed by atoms with Crippen LogP contribution in [0.2, 0.25) is 0 Å². The molecule has 0 aliphatic heterocycles. The summed E-state index contributed by atoms with van der Waals surface area (Å²) < 4.78 is 13.7. The summed E-state index contributed by atoms with van der Waals surface area (Å²) in [6.07, 6.45) is 1.26. The Hall–Kier alpha value is -8.32. The number of carbonyl (C=O) groups is 4. The predicted molar refractivity (Wildman–Crippen MR) is 305 cm³/mol. The van der Waals surface area contributed by atoms with E-state index in [-0.39, 0.29) is 73.6 Å². The van der Waals surface area contributed by atoms with Crippen LogP contribution < -0.4 is 31.6 Å². The van der Waals surface area contributed by atoms with Gasteiger partial charge in [0, 0.05) is 49.3 Å². The van der Waals surface area contributed by atoms with Gasteiger partial charge in [0.05, 0.1) is 16.7 Å². The number of carbonyl (C=O) groups excluding carboxylic acids is 2. The molecule has 0 saturated heterocycles. The van der Waals surface area contributed by atoms with Crippen LogP contribution in [0.3, 0.4) is 0 Å². The van der Waals surface area contributed by atoms with Crippen molar-refractivity contribution in [1.29, 1.82) is 0 Å². The molecule has 2 amide bonds. The number of nitrogens with one attached hydrogen (secondary N) is 2. The number of rotatable bonds is 18. The normalized spacial score (nSPS) is 11.8. The van der Waals surface area contributed by atoms with Gasteiger partial charge in [-0.05, 0) is 142 Å². The average Bonchev–Trinajstić information content (AvgIpc) is 3.52. The lowest BCUT2D eigenvalue weighted by atomic mass is 9.83.